The predicted molar refractivity (Wildman–Crippen MR) is 116 cm³/mol. The fourth-order valence-corrected chi connectivity index (χ4v) is 3.43. The first-order chi connectivity index (χ1) is 15.0. The fourth-order valence-electron chi connectivity index (χ4n) is 3.43. The highest BCUT2D eigenvalue weighted by atomic mass is 16.6. The van der Waals surface area contributed by atoms with E-state index in [0.29, 0.717) is 6.61 Å². The molecule has 1 aliphatic heterocycles. The summed E-state index contributed by atoms with van der Waals surface area (Å²) in [5.74, 6) is -0.978. The molecule has 0 aromatic carbocycles. The molecule has 0 aliphatic carbocycles. The Balaban J connectivity index is 2.28. The smallest absolute Gasteiger partial charge is 0.378 e. The Hall–Kier alpha value is -1.35. The lowest BCUT2D eigenvalue weighted by Gasteiger charge is -2.19. The van der Waals surface area contributed by atoms with Crippen molar-refractivity contribution in [3.8, 4) is 0 Å². The molecule has 0 bridgehead atoms. The van der Waals surface area contributed by atoms with Gasteiger partial charge in [0.15, 0.2) is 11.9 Å². The Labute approximate surface area is 186 Å². The van der Waals surface area contributed by atoms with E-state index in [4.69, 9.17) is 24.4 Å². The van der Waals surface area contributed by atoms with Crippen LogP contribution in [0.4, 0.5) is 0 Å². The van der Waals surface area contributed by atoms with Crippen LogP contribution in [0.2, 0.25) is 0 Å². The number of hydrogen-bond acceptors (Lipinski definition) is 8. The molecule has 4 N–H and O–H groups in total. The minimum atomic E-state index is -1.36. The maximum absolute atomic E-state index is 12.1. The number of hydrogen-bond donors (Lipinski definition) is 4. The number of cyclic esters (lactones) is 1. The quantitative estimate of drug-likeness (QED) is 0.166. The third-order valence-corrected chi connectivity index (χ3v) is 5.32. The van der Waals surface area contributed by atoms with Crippen molar-refractivity contribution in [2.75, 3.05) is 26.4 Å². The molecule has 0 spiro atoms. The summed E-state index contributed by atoms with van der Waals surface area (Å²) in [7, 11) is 0. The number of carbonyl (C=O) groups excluding carboxylic acids is 1. The summed E-state index contributed by atoms with van der Waals surface area (Å²) in [5.41, 5.74) is 0. The van der Waals surface area contributed by atoms with Gasteiger partial charge in [-0.1, -0.05) is 77.6 Å². The van der Waals surface area contributed by atoms with E-state index < -0.39 is 37.5 Å². The molecule has 0 radical (unpaired) electrons. The van der Waals surface area contributed by atoms with Gasteiger partial charge in [0.25, 0.3) is 0 Å². The van der Waals surface area contributed by atoms with Gasteiger partial charge in [-0.2, -0.15) is 0 Å². The summed E-state index contributed by atoms with van der Waals surface area (Å²) in [6.07, 6.45) is 10.9. The van der Waals surface area contributed by atoms with Crippen LogP contribution in [0.15, 0.2) is 11.5 Å². The van der Waals surface area contributed by atoms with Crippen LogP contribution in [-0.4, -0.2) is 71.1 Å². The molecular formula is C23H42O8. The van der Waals surface area contributed by atoms with Crippen LogP contribution in [-0.2, 0) is 19.0 Å². The molecule has 0 aromatic heterocycles. The van der Waals surface area contributed by atoms with Gasteiger partial charge in [-0.05, 0) is 6.42 Å². The molecule has 1 aliphatic rings. The summed E-state index contributed by atoms with van der Waals surface area (Å²) < 4.78 is 16.0. The van der Waals surface area contributed by atoms with E-state index in [-0.39, 0.29) is 18.1 Å². The van der Waals surface area contributed by atoms with Crippen molar-refractivity contribution in [3.63, 3.8) is 0 Å². The fraction of sp³-hybridized carbons (Fsp3) is 0.870. The van der Waals surface area contributed by atoms with E-state index in [9.17, 15) is 15.0 Å². The first-order valence-electron chi connectivity index (χ1n) is 11.8. The number of aliphatic hydroxyl groups is 4. The highest BCUT2D eigenvalue weighted by Crippen LogP contribution is 2.27. The minimum absolute atomic E-state index is 0.0574. The maximum atomic E-state index is 12.1. The second-order valence-corrected chi connectivity index (χ2v) is 8.15. The van der Waals surface area contributed by atoms with Gasteiger partial charge in [0.1, 0.15) is 18.8 Å². The van der Waals surface area contributed by atoms with Gasteiger partial charge >= 0.3 is 5.97 Å². The number of esters is 1. The molecule has 0 amide bonds. The standard InChI is InChI=1S/C23H42O8/c1-2-3-4-5-6-7-8-9-10-11-12-13-14-29-22-21(30-17-18(26)15-24)20(19(27)16-25)31-23(22)28/h18-20,24-27H,2-17H2,1H3/t18?,19-,20+/m0/s1. The first-order valence-corrected chi connectivity index (χ1v) is 11.8. The van der Waals surface area contributed by atoms with E-state index in [1.807, 2.05) is 0 Å². The average molecular weight is 447 g/mol. The third kappa shape index (κ3) is 11.2. The van der Waals surface area contributed by atoms with Gasteiger partial charge in [0, 0.05) is 0 Å². The number of aliphatic hydroxyl groups excluding tert-OH is 4. The van der Waals surface area contributed by atoms with E-state index in [2.05, 4.69) is 6.92 Å². The Kier molecular flexibility index (Phi) is 15.4. The van der Waals surface area contributed by atoms with E-state index in [1.165, 1.54) is 57.8 Å². The normalized spacial score (nSPS) is 18.2. The summed E-state index contributed by atoms with van der Waals surface area (Å²) in [4.78, 5) is 12.1. The van der Waals surface area contributed by atoms with Crippen molar-refractivity contribution in [1.29, 1.82) is 0 Å². The number of unbranched alkanes of at least 4 members (excludes halogenated alkanes) is 11. The zero-order valence-corrected chi connectivity index (χ0v) is 19.0. The lowest BCUT2D eigenvalue weighted by Crippen LogP contribution is -2.33. The van der Waals surface area contributed by atoms with Crippen molar-refractivity contribution in [1.82, 2.24) is 0 Å². The molecule has 0 saturated carbocycles. The van der Waals surface area contributed by atoms with Crippen LogP contribution in [0.5, 0.6) is 0 Å². The zero-order chi connectivity index (χ0) is 22.9. The lowest BCUT2D eigenvalue weighted by molar-refractivity contribution is -0.148. The number of ether oxygens (including phenoxy) is 3. The van der Waals surface area contributed by atoms with Crippen molar-refractivity contribution in [3.05, 3.63) is 11.5 Å². The topological polar surface area (TPSA) is 126 Å². The Bertz CT molecular complexity index is 508. The lowest BCUT2D eigenvalue weighted by atomic mass is 10.1. The molecule has 8 nitrogen and oxygen atoms in total. The molecule has 0 saturated heterocycles. The van der Waals surface area contributed by atoms with Crippen molar-refractivity contribution < 1.29 is 39.4 Å². The molecule has 31 heavy (non-hydrogen) atoms. The monoisotopic (exact) mass is 446 g/mol. The molecule has 3 atom stereocenters. The third-order valence-electron chi connectivity index (χ3n) is 5.32. The highest BCUT2D eigenvalue weighted by Gasteiger charge is 2.42. The van der Waals surface area contributed by atoms with Crippen LogP contribution in [0, 0.1) is 0 Å². The van der Waals surface area contributed by atoms with Crippen molar-refractivity contribution in [2.24, 2.45) is 0 Å². The van der Waals surface area contributed by atoms with Crippen molar-refractivity contribution >= 4 is 5.97 Å². The van der Waals surface area contributed by atoms with E-state index >= 15 is 0 Å². The molecule has 182 valence electrons. The Morgan fingerprint density at radius 1 is 0.839 bits per heavy atom. The van der Waals surface area contributed by atoms with Gasteiger partial charge < -0.3 is 34.6 Å². The van der Waals surface area contributed by atoms with Crippen LogP contribution >= 0.6 is 0 Å². The predicted octanol–water partition coefficient (Wildman–Crippen LogP) is 2.56. The largest absolute Gasteiger partial charge is 0.487 e. The highest BCUT2D eigenvalue weighted by molar-refractivity contribution is 5.89. The summed E-state index contributed by atoms with van der Waals surface area (Å²) in [6.45, 7) is 1.11. The number of rotatable bonds is 20. The van der Waals surface area contributed by atoms with Gasteiger partial charge in [-0.15, -0.1) is 0 Å². The van der Waals surface area contributed by atoms with Crippen molar-refractivity contribution in [2.45, 2.75) is 102 Å². The molecule has 1 unspecified atom stereocenters. The van der Waals surface area contributed by atoms with Gasteiger partial charge in [0.2, 0.25) is 5.76 Å². The van der Waals surface area contributed by atoms with Gasteiger partial charge in [0.05, 0.1) is 19.8 Å². The van der Waals surface area contributed by atoms with Crippen LogP contribution in [0.3, 0.4) is 0 Å². The summed E-state index contributed by atoms with van der Waals surface area (Å²) in [5, 5.41) is 37.4. The molecular weight excluding hydrogens is 404 g/mol. The van der Waals surface area contributed by atoms with Crippen LogP contribution in [0.1, 0.15) is 84.0 Å². The van der Waals surface area contributed by atoms with E-state index in [0.717, 1.165) is 19.3 Å². The Morgan fingerprint density at radius 3 is 1.90 bits per heavy atom. The number of carbonyl (C=O) groups is 1. The zero-order valence-electron chi connectivity index (χ0n) is 19.0. The first kappa shape index (κ1) is 27.7. The average Bonchev–Trinajstić information content (AvgIpc) is 3.09. The summed E-state index contributed by atoms with van der Waals surface area (Å²) in [6, 6.07) is 0. The van der Waals surface area contributed by atoms with E-state index in [1.54, 1.807) is 0 Å². The molecule has 0 fully saturated rings. The SMILES string of the molecule is CCCCCCCCCCCCCCOC1=C(OCC(O)CO)[C@@H]([C@@H](O)CO)OC1=O. The molecule has 8 heteroatoms. The molecule has 0 aromatic rings. The van der Waals surface area contributed by atoms with Crippen LogP contribution < -0.4 is 0 Å². The van der Waals surface area contributed by atoms with Crippen LogP contribution in [0.25, 0.3) is 0 Å². The second kappa shape index (κ2) is 17.2. The molecule has 1 rings (SSSR count). The molecule has 1 heterocycles. The minimum Gasteiger partial charge on any atom is -0.487 e. The summed E-state index contributed by atoms with van der Waals surface area (Å²) >= 11 is 0. The van der Waals surface area contributed by atoms with Gasteiger partial charge in [-0.25, -0.2) is 4.79 Å². The maximum Gasteiger partial charge on any atom is 0.378 e. The second-order valence-electron chi connectivity index (χ2n) is 8.15. The Morgan fingerprint density at radius 2 is 1.39 bits per heavy atom. The van der Waals surface area contributed by atoms with Gasteiger partial charge in [-0.3, -0.25) is 0 Å².